The number of morpholine rings is 1. The predicted octanol–water partition coefficient (Wildman–Crippen LogP) is 0.671. The van der Waals surface area contributed by atoms with E-state index >= 15 is 0 Å². The molecule has 0 radical (unpaired) electrons. The number of amides is 1. The van der Waals surface area contributed by atoms with Crippen LogP contribution in [0.2, 0.25) is 0 Å². The topological polar surface area (TPSA) is 75.7 Å². The maximum absolute atomic E-state index is 12.7. The summed E-state index contributed by atoms with van der Waals surface area (Å²) < 4.78 is 28.8. The molecule has 2 heterocycles. The molecule has 1 amide bonds. The summed E-state index contributed by atoms with van der Waals surface area (Å²) in [7, 11) is -2.89. The molecule has 134 valence electrons. The van der Waals surface area contributed by atoms with E-state index in [1.54, 1.807) is 0 Å². The second kappa shape index (κ2) is 7.49. The van der Waals surface area contributed by atoms with Crippen LogP contribution in [0.3, 0.4) is 0 Å². The van der Waals surface area contributed by atoms with Crippen molar-refractivity contribution in [1.82, 2.24) is 10.2 Å². The molecule has 0 unspecified atom stereocenters. The van der Waals surface area contributed by atoms with Gasteiger partial charge in [-0.3, -0.25) is 9.69 Å². The highest BCUT2D eigenvalue weighted by Gasteiger charge is 2.35. The lowest BCUT2D eigenvalue weighted by atomic mass is 9.99. The SMILES string of the molecule is CC(C)[C@@H](C(=O)NC[C@H]1CCS(=O)(=O)C1)N1C[C@@H](C)O[C@H](C)C1. The van der Waals surface area contributed by atoms with Gasteiger partial charge in [-0.2, -0.15) is 0 Å². The molecule has 0 aliphatic carbocycles. The van der Waals surface area contributed by atoms with Gasteiger partial charge in [0.25, 0.3) is 0 Å². The number of carbonyl (C=O) groups excluding carboxylic acids is 1. The molecule has 2 aliphatic heterocycles. The molecule has 7 heteroatoms. The van der Waals surface area contributed by atoms with Crippen molar-refractivity contribution in [2.75, 3.05) is 31.1 Å². The molecule has 0 aromatic rings. The van der Waals surface area contributed by atoms with Crippen molar-refractivity contribution in [3.63, 3.8) is 0 Å². The van der Waals surface area contributed by atoms with E-state index in [9.17, 15) is 13.2 Å². The molecule has 0 saturated carbocycles. The summed E-state index contributed by atoms with van der Waals surface area (Å²) in [6.45, 7) is 10.1. The molecule has 1 N–H and O–H groups in total. The third-order valence-electron chi connectivity index (χ3n) is 4.63. The number of hydrogen-bond donors (Lipinski definition) is 1. The van der Waals surface area contributed by atoms with Gasteiger partial charge in [0.05, 0.1) is 29.8 Å². The quantitative estimate of drug-likeness (QED) is 0.792. The molecule has 4 atom stereocenters. The monoisotopic (exact) mass is 346 g/mol. The van der Waals surface area contributed by atoms with Crippen LogP contribution in [0, 0.1) is 11.8 Å². The Morgan fingerprint density at radius 1 is 1.26 bits per heavy atom. The minimum Gasteiger partial charge on any atom is -0.373 e. The number of hydrogen-bond acceptors (Lipinski definition) is 5. The van der Waals surface area contributed by atoms with Crippen LogP contribution >= 0.6 is 0 Å². The molecule has 2 fully saturated rings. The van der Waals surface area contributed by atoms with E-state index in [1.165, 1.54) is 0 Å². The van der Waals surface area contributed by atoms with Crippen LogP contribution in [0.4, 0.5) is 0 Å². The first-order valence-electron chi connectivity index (χ1n) is 8.55. The zero-order valence-electron chi connectivity index (χ0n) is 14.6. The van der Waals surface area contributed by atoms with Crippen molar-refractivity contribution in [3.8, 4) is 0 Å². The molecule has 2 aliphatic rings. The summed E-state index contributed by atoms with van der Waals surface area (Å²) in [6, 6.07) is -0.193. The van der Waals surface area contributed by atoms with Gasteiger partial charge in [-0.1, -0.05) is 13.8 Å². The second-order valence-corrected chi connectivity index (χ2v) is 9.64. The van der Waals surface area contributed by atoms with Crippen molar-refractivity contribution < 1.29 is 17.9 Å². The number of ether oxygens (including phenoxy) is 1. The fourth-order valence-corrected chi connectivity index (χ4v) is 5.58. The van der Waals surface area contributed by atoms with Gasteiger partial charge in [0, 0.05) is 19.6 Å². The summed E-state index contributed by atoms with van der Waals surface area (Å²) in [5.41, 5.74) is 0. The molecule has 23 heavy (non-hydrogen) atoms. The summed E-state index contributed by atoms with van der Waals surface area (Å²) in [5, 5.41) is 2.98. The maximum Gasteiger partial charge on any atom is 0.237 e. The fourth-order valence-electron chi connectivity index (χ4n) is 3.72. The van der Waals surface area contributed by atoms with Crippen LogP contribution in [-0.2, 0) is 19.4 Å². The van der Waals surface area contributed by atoms with E-state index in [0.29, 0.717) is 13.0 Å². The minimum absolute atomic E-state index is 0.00518. The van der Waals surface area contributed by atoms with Gasteiger partial charge < -0.3 is 10.1 Å². The molecule has 0 aromatic carbocycles. The van der Waals surface area contributed by atoms with E-state index in [1.807, 2.05) is 13.8 Å². The largest absolute Gasteiger partial charge is 0.373 e. The standard InChI is InChI=1S/C16H30N2O4S/c1-11(2)15(18-8-12(3)22-13(4)9-18)16(19)17-7-14-5-6-23(20,21)10-14/h11-15H,5-10H2,1-4H3,(H,17,19)/t12-,13-,14-,15+/m1/s1. The Morgan fingerprint density at radius 2 is 1.87 bits per heavy atom. The molecule has 0 spiro atoms. The van der Waals surface area contributed by atoms with Crippen LogP contribution in [0.5, 0.6) is 0 Å². The van der Waals surface area contributed by atoms with Crippen LogP contribution in [0.1, 0.15) is 34.1 Å². The smallest absolute Gasteiger partial charge is 0.237 e. The Balaban J connectivity index is 1.93. The molecule has 6 nitrogen and oxygen atoms in total. The first-order valence-corrected chi connectivity index (χ1v) is 10.4. The van der Waals surface area contributed by atoms with E-state index in [-0.39, 0.29) is 47.5 Å². The van der Waals surface area contributed by atoms with E-state index < -0.39 is 9.84 Å². The van der Waals surface area contributed by atoms with Crippen molar-refractivity contribution >= 4 is 15.7 Å². The highest BCUT2D eigenvalue weighted by molar-refractivity contribution is 7.91. The molecule has 2 rings (SSSR count). The number of carbonyl (C=O) groups is 1. The number of sulfone groups is 1. The summed E-state index contributed by atoms with van der Waals surface area (Å²) in [6.07, 6.45) is 0.890. The van der Waals surface area contributed by atoms with Crippen LogP contribution in [0.25, 0.3) is 0 Å². The molecule has 2 saturated heterocycles. The van der Waals surface area contributed by atoms with Crippen molar-refractivity contribution in [2.24, 2.45) is 11.8 Å². The second-order valence-electron chi connectivity index (χ2n) is 7.41. The van der Waals surface area contributed by atoms with Crippen LogP contribution in [-0.4, -0.2) is 68.6 Å². The van der Waals surface area contributed by atoms with Gasteiger partial charge in [-0.15, -0.1) is 0 Å². The van der Waals surface area contributed by atoms with Crippen molar-refractivity contribution in [1.29, 1.82) is 0 Å². The maximum atomic E-state index is 12.7. The number of nitrogens with zero attached hydrogens (tertiary/aromatic N) is 1. The summed E-state index contributed by atoms with van der Waals surface area (Å²) in [4.78, 5) is 14.9. The first-order chi connectivity index (χ1) is 10.7. The van der Waals surface area contributed by atoms with Crippen molar-refractivity contribution in [3.05, 3.63) is 0 Å². The van der Waals surface area contributed by atoms with E-state index in [2.05, 4.69) is 24.1 Å². The van der Waals surface area contributed by atoms with E-state index in [4.69, 9.17) is 4.74 Å². The van der Waals surface area contributed by atoms with Crippen molar-refractivity contribution in [2.45, 2.75) is 52.4 Å². The fraction of sp³-hybridized carbons (Fsp3) is 0.938. The average Bonchev–Trinajstić information content (AvgIpc) is 2.74. The van der Waals surface area contributed by atoms with Crippen LogP contribution < -0.4 is 5.32 Å². The van der Waals surface area contributed by atoms with Gasteiger partial charge in [0.15, 0.2) is 9.84 Å². The highest BCUT2D eigenvalue weighted by atomic mass is 32.2. The normalized spacial score (nSPS) is 32.8. The van der Waals surface area contributed by atoms with Gasteiger partial charge >= 0.3 is 0 Å². The number of nitrogens with one attached hydrogen (secondary N) is 1. The molecular weight excluding hydrogens is 316 g/mol. The summed E-state index contributed by atoms with van der Waals surface area (Å²) in [5.74, 6) is 0.704. The average molecular weight is 346 g/mol. The zero-order valence-corrected chi connectivity index (χ0v) is 15.4. The zero-order chi connectivity index (χ0) is 17.2. The first kappa shape index (κ1) is 18.7. The van der Waals surface area contributed by atoms with Crippen LogP contribution in [0.15, 0.2) is 0 Å². The van der Waals surface area contributed by atoms with Gasteiger partial charge in [-0.25, -0.2) is 8.42 Å². The summed E-state index contributed by atoms with van der Waals surface area (Å²) >= 11 is 0. The Morgan fingerprint density at radius 3 is 2.35 bits per heavy atom. The molecular formula is C16H30N2O4S. The lowest BCUT2D eigenvalue weighted by Crippen LogP contribution is -2.57. The van der Waals surface area contributed by atoms with Gasteiger partial charge in [-0.05, 0) is 32.1 Å². The lowest BCUT2D eigenvalue weighted by Gasteiger charge is -2.41. The minimum atomic E-state index is -2.89. The van der Waals surface area contributed by atoms with Gasteiger partial charge in [0.2, 0.25) is 5.91 Å². The predicted molar refractivity (Wildman–Crippen MR) is 90.0 cm³/mol. The Labute approximate surface area is 139 Å². The highest BCUT2D eigenvalue weighted by Crippen LogP contribution is 2.20. The number of rotatable bonds is 5. The third-order valence-corrected chi connectivity index (χ3v) is 6.47. The van der Waals surface area contributed by atoms with Gasteiger partial charge in [0.1, 0.15) is 0 Å². The Bertz CT molecular complexity index is 510. The Hall–Kier alpha value is -0.660. The third kappa shape index (κ3) is 5.16. The Kier molecular flexibility index (Phi) is 6.08. The van der Waals surface area contributed by atoms with E-state index in [0.717, 1.165) is 13.1 Å². The lowest BCUT2D eigenvalue weighted by molar-refractivity contribution is -0.135. The molecule has 0 bridgehead atoms. The molecule has 0 aromatic heterocycles.